The van der Waals surface area contributed by atoms with Crippen molar-refractivity contribution in [1.82, 2.24) is 19.6 Å². The number of halogens is 1. The van der Waals surface area contributed by atoms with Crippen LogP contribution in [0.25, 0.3) is 16.6 Å². The second-order valence-electron chi connectivity index (χ2n) is 3.10. The Morgan fingerprint density at radius 1 is 1.27 bits per heavy atom. The van der Waals surface area contributed by atoms with E-state index in [2.05, 4.69) is 15.2 Å². The van der Waals surface area contributed by atoms with Crippen molar-refractivity contribution < 1.29 is 0 Å². The number of H-pyrrole nitrogens is 1. The number of rotatable bonds is 0. The summed E-state index contributed by atoms with van der Waals surface area (Å²) in [5.74, 6) is 0. The molecule has 74 valence electrons. The van der Waals surface area contributed by atoms with E-state index in [0.717, 1.165) is 10.9 Å². The molecule has 6 heteroatoms. The molecule has 3 aromatic rings. The minimum Gasteiger partial charge on any atom is -0.306 e. The van der Waals surface area contributed by atoms with E-state index in [-0.39, 0.29) is 5.69 Å². The molecule has 1 N–H and O–H groups in total. The van der Waals surface area contributed by atoms with Gasteiger partial charge in [0.25, 0.3) is 0 Å². The lowest BCUT2D eigenvalue weighted by molar-refractivity contribution is 0.977. The van der Waals surface area contributed by atoms with Crippen molar-refractivity contribution in [1.29, 1.82) is 0 Å². The fourth-order valence-corrected chi connectivity index (χ4v) is 2.13. The molecule has 0 atom stereocenters. The molecule has 0 amide bonds. The Bertz CT molecular complexity index is 715. The highest BCUT2D eigenvalue weighted by Crippen LogP contribution is 2.14. The number of aromatic amines is 1. The Kier molecular flexibility index (Phi) is 1.78. The van der Waals surface area contributed by atoms with Crippen LogP contribution < -0.4 is 5.69 Å². The van der Waals surface area contributed by atoms with Crippen molar-refractivity contribution in [2.24, 2.45) is 0 Å². The zero-order chi connectivity index (χ0) is 10.4. The number of nitrogens with zero attached hydrogens (tertiary/aromatic N) is 3. The number of hydrogen-bond donors (Lipinski definition) is 1. The van der Waals surface area contributed by atoms with Crippen LogP contribution in [0, 0.1) is 3.83 Å². The van der Waals surface area contributed by atoms with Crippen molar-refractivity contribution in [3.8, 4) is 0 Å². The largest absolute Gasteiger partial charge is 0.333 e. The van der Waals surface area contributed by atoms with Crippen LogP contribution >= 0.6 is 22.6 Å². The van der Waals surface area contributed by atoms with Crippen molar-refractivity contribution >= 4 is 39.1 Å². The predicted molar refractivity (Wildman–Crippen MR) is 63.8 cm³/mol. The first-order chi connectivity index (χ1) is 7.27. The summed E-state index contributed by atoms with van der Waals surface area (Å²) >= 11 is 1.98. The van der Waals surface area contributed by atoms with Gasteiger partial charge >= 0.3 is 5.69 Å². The average Bonchev–Trinajstić information content (AvgIpc) is 2.62. The molecule has 2 heterocycles. The summed E-state index contributed by atoms with van der Waals surface area (Å²) in [6, 6.07) is 7.53. The molecule has 0 spiro atoms. The number of fused-ring (bicyclic) bond motifs is 3. The summed E-state index contributed by atoms with van der Waals surface area (Å²) in [7, 11) is 0. The van der Waals surface area contributed by atoms with Gasteiger partial charge in [-0.1, -0.05) is 12.1 Å². The van der Waals surface area contributed by atoms with E-state index in [4.69, 9.17) is 0 Å². The molecule has 0 aliphatic carbocycles. The second-order valence-corrected chi connectivity index (χ2v) is 4.07. The lowest BCUT2D eigenvalue weighted by atomic mass is 10.2. The van der Waals surface area contributed by atoms with Crippen molar-refractivity contribution in [2.75, 3.05) is 0 Å². The summed E-state index contributed by atoms with van der Waals surface area (Å²) in [5, 5.41) is 8.77. The SMILES string of the molecule is O=c1[nH]c2ccccc2c2nnc(I)n12. The topological polar surface area (TPSA) is 63.0 Å². The fraction of sp³-hybridized carbons (Fsp3) is 0. The Morgan fingerprint density at radius 2 is 2.07 bits per heavy atom. The lowest BCUT2D eigenvalue weighted by Crippen LogP contribution is -2.17. The maximum atomic E-state index is 11.7. The lowest BCUT2D eigenvalue weighted by Gasteiger charge is -1.98. The quantitative estimate of drug-likeness (QED) is 0.634. The van der Waals surface area contributed by atoms with Crippen LogP contribution in [-0.2, 0) is 0 Å². The highest BCUT2D eigenvalue weighted by atomic mass is 127. The monoisotopic (exact) mass is 312 g/mol. The minimum absolute atomic E-state index is 0.210. The van der Waals surface area contributed by atoms with E-state index in [9.17, 15) is 4.79 Å². The van der Waals surface area contributed by atoms with Crippen molar-refractivity contribution in [3.05, 3.63) is 38.6 Å². The van der Waals surface area contributed by atoms with Crippen LogP contribution in [0.15, 0.2) is 29.1 Å². The van der Waals surface area contributed by atoms with Crippen LogP contribution in [0.1, 0.15) is 0 Å². The normalized spacial score (nSPS) is 11.3. The number of hydrogen-bond acceptors (Lipinski definition) is 3. The molecule has 3 rings (SSSR count). The third kappa shape index (κ3) is 1.17. The Hall–Kier alpha value is -1.44. The maximum Gasteiger partial charge on any atom is 0.333 e. The summed E-state index contributed by atoms with van der Waals surface area (Å²) in [5.41, 5.74) is 1.16. The Morgan fingerprint density at radius 3 is 2.93 bits per heavy atom. The molecule has 0 saturated heterocycles. The molecule has 1 aromatic carbocycles. The van der Waals surface area contributed by atoms with E-state index in [1.54, 1.807) is 0 Å². The van der Waals surface area contributed by atoms with Gasteiger partial charge in [0.2, 0.25) is 3.83 Å². The van der Waals surface area contributed by atoms with Gasteiger partial charge in [-0.2, -0.15) is 0 Å². The predicted octanol–water partition coefficient (Wildman–Crippen LogP) is 1.18. The van der Waals surface area contributed by atoms with Gasteiger partial charge in [0.05, 0.1) is 5.52 Å². The molecule has 0 radical (unpaired) electrons. The summed E-state index contributed by atoms with van der Waals surface area (Å²) < 4.78 is 2.03. The molecule has 0 fully saturated rings. The van der Waals surface area contributed by atoms with Crippen LogP contribution in [0.4, 0.5) is 0 Å². The van der Waals surface area contributed by atoms with Crippen LogP contribution in [-0.4, -0.2) is 19.6 Å². The average molecular weight is 312 g/mol. The molecule has 2 aromatic heterocycles. The number of para-hydroxylation sites is 1. The first kappa shape index (κ1) is 8.84. The standard InChI is InChI=1S/C9H5IN4O/c10-8-13-12-7-5-3-1-2-4-6(5)11-9(15)14(7)8/h1-4H,(H,11,15). The van der Waals surface area contributed by atoms with Crippen molar-refractivity contribution in [3.63, 3.8) is 0 Å². The molecule has 0 aliphatic rings. The molecular formula is C9H5IN4O. The Balaban J connectivity index is 2.71. The Labute approximate surface area is 97.3 Å². The molecule has 15 heavy (non-hydrogen) atoms. The summed E-state index contributed by atoms with van der Waals surface area (Å²) in [6.07, 6.45) is 0. The molecule has 0 aliphatic heterocycles. The van der Waals surface area contributed by atoms with Crippen LogP contribution in [0.5, 0.6) is 0 Å². The van der Waals surface area contributed by atoms with Gasteiger partial charge in [0.1, 0.15) is 0 Å². The zero-order valence-electron chi connectivity index (χ0n) is 7.44. The van der Waals surface area contributed by atoms with Gasteiger partial charge < -0.3 is 4.98 Å². The maximum absolute atomic E-state index is 11.7. The van der Waals surface area contributed by atoms with E-state index in [1.165, 1.54) is 4.40 Å². The molecule has 0 saturated carbocycles. The zero-order valence-corrected chi connectivity index (χ0v) is 9.59. The molecule has 5 nitrogen and oxygen atoms in total. The number of nitrogens with one attached hydrogen (secondary N) is 1. The summed E-state index contributed by atoms with van der Waals surface area (Å²) in [4.78, 5) is 14.5. The highest BCUT2D eigenvalue weighted by Gasteiger charge is 2.09. The molecule has 0 bridgehead atoms. The smallest absolute Gasteiger partial charge is 0.306 e. The fourth-order valence-electron chi connectivity index (χ4n) is 1.58. The first-order valence-electron chi connectivity index (χ1n) is 4.29. The summed E-state index contributed by atoms with van der Waals surface area (Å²) in [6.45, 7) is 0. The van der Waals surface area contributed by atoms with E-state index < -0.39 is 0 Å². The highest BCUT2D eigenvalue weighted by molar-refractivity contribution is 14.1. The molecule has 0 unspecified atom stereocenters. The number of benzene rings is 1. The third-order valence-corrected chi connectivity index (χ3v) is 2.93. The van der Waals surface area contributed by atoms with Gasteiger partial charge in [0, 0.05) is 28.0 Å². The second kappa shape index (κ2) is 3.02. The van der Waals surface area contributed by atoms with Gasteiger partial charge in [0.15, 0.2) is 5.65 Å². The minimum atomic E-state index is -0.210. The van der Waals surface area contributed by atoms with Gasteiger partial charge in [-0.05, 0) is 12.1 Å². The van der Waals surface area contributed by atoms with Gasteiger partial charge in [-0.3, -0.25) is 0 Å². The van der Waals surface area contributed by atoms with Crippen LogP contribution in [0.2, 0.25) is 0 Å². The van der Waals surface area contributed by atoms with Gasteiger partial charge in [-0.25, -0.2) is 9.20 Å². The van der Waals surface area contributed by atoms with Crippen LogP contribution in [0.3, 0.4) is 0 Å². The van der Waals surface area contributed by atoms with E-state index in [0.29, 0.717) is 9.48 Å². The van der Waals surface area contributed by atoms with E-state index >= 15 is 0 Å². The molecular weight excluding hydrogens is 307 g/mol. The van der Waals surface area contributed by atoms with E-state index in [1.807, 2.05) is 46.9 Å². The third-order valence-electron chi connectivity index (χ3n) is 2.24. The number of aromatic nitrogens is 4. The van der Waals surface area contributed by atoms with Gasteiger partial charge in [-0.15, -0.1) is 10.2 Å². The first-order valence-corrected chi connectivity index (χ1v) is 5.37. The van der Waals surface area contributed by atoms with Crippen molar-refractivity contribution in [2.45, 2.75) is 0 Å².